The van der Waals surface area contributed by atoms with Gasteiger partial charge < -0.3 is 24.4 Å². The van der Waals surface area contributed by atoms with Gasteiger partial charge >= 0.3 is 6.09 Å². The third-order valence-corrected chi connectivity index (χ3v) is 7.27. The molecular formula is C35H38N4O5. The summed E-state index contributed by atoms with van der Waals surface area (Å²) < 4.78 is 17.5. The Kier molecular flexibility index (Phi) is 10.8. The predicted octanol–water partition coefficient (Wildman–Crippen LogP) is 6.35. The van der Waals surface area contributed by atoms with Crippen LogP contribution in [0, 0.1) is 28.6 Å². The number of rotatable bonds is 10. The van der Waals surface area contributed by atoms with Gasteiger partial charge in [-0.05, 0) is 93.5 Å². The largest absolute Gasteiger partial charge is 0.489 e. The summed E-state index contributed by atoms with van der Waals surface area (Å²) >= 11 is 0. The number of benzene rings is 3. The highest BCUT2D eigenvalue weighted by atomic mass is 16.6. The van der Waals surface area contributed by atoms with E-state index in [9.17, 15) is 9.59 Å². The van der Waals surface area contributed by atoms with Gasteiger partial charge in [-0.25, -0.2) is 4.79 Å². The molecule has 1 aliphatic rings. The number of nitrogens with one attached hydrogen (secondary N) is 1. The maximum absolute atomic E-state index is 13.7. The van der Waals surface area contributed by atoms with Crippen molar-refractivity contribution in [3.05, 3.63) is 94.5 Å². The summed E-state index contributed by atoms with van der Waals surface area (Å²) in [5.74, 6) is 1.26. The molecule has 1 saturated heterocycles. The summed E-state index contributed by atoms with van der Waals surface area (Å²) in [6.45, 7) is 7.78. The van der Waals surface area contributed by atoms with Crippen molar-refractivity contribution in [2.45, 2.75) is 58.8 Å². The third kappa shape index (κ3) is 9.50. The number of hydrogen-bond acceptors (Lipinski definition) is 7. The number of hydrogen-bond donors (Lipinski definition) is 1. The molecule has 0 radical (unpaired) electrons. The lowest BCUT2D eigenvalue weighted by atomic mass is 9.93. The Bertz CT molecular complexity index is 1510. The molecule has 3 aromatic rings. The monoisotopic (exact) mass is 594 g/mol. The lowest BCUT2D eigenvalue weighted by molar-refractivity contribution is 0.0522. The quantitative estimate of drug-likeness (QED) is 0.290. The number of likely N-dealkylation sites (tertiary alicyclic amines) is 1. The molecule has 1 N–H and O–H groups in total. The fraction of sp³-hybridized carbons (Fsp3) is 0.371. The molecule has 0 bridgehead atoms. The highest BCUT2D eigenvalue weighted by Crippen LogP contribution is 2.30. The van der Waals surface area contributed by atoms with Gasteiger partial charge in [0, 0.05) is 25.7 Å². The van der Waals surface area contributed by atoms with E-state index in [-0.39, 0.29) is 12.5 Å². The van der Waals surface area contributed by atoms with Gasteiger partial charge in [0.15, 0.2) is 0 Å². The van der Waals surface area contributed by atoms with E-state index in [1.54, 1.807) is 42.5 Å². The zero-order chi connectivity index (χ0) is 31.5. The molecule has 0 aromatic heterocycles. The van der Waals surface area contributed by atoms with Crippen LogP contribution in [0.5, 0.6) is 11.5 Å². The lowest BCUT2D eigenvalue weighted by Gasteiger charge is -2.32. The van der Waals surface area contributed by atoms with Crippen LogP contribution in [0.3, 0.4) is 0 Å². The first kappa shape index (κ1) is 31.9. The fourth-order valence-electron chi connectivity index (χ4n) is 4.85. The standard InChI is InChI=1S/C35H38N4O5/c1-35(2,3)44-34(41)38-17-14-25-15-18-39(19-16-25)33(40)31-13-12-30(42-23-28-8-4-26(21-36)5-9-28)20-32(31)43-24-29-10-6-27(22-37)7-11-29/h4-13,20,25H,14-19,23-24H2,1-3H3,(H,38,41). The molecular weight excluding hydrogens is 556 g/mol. The van der Waals surface area contributed by atoms with E-state index in [2.05, 4.69) is 17.5 Å². The average Bonchev–Trinajstić information content (AvgIpc) is 3.02. The van der Waals surface area contributed by atoms with E-state index >= 15 is 0 Å². The molecule has 0 aliphatic carbocycles. The Morgan fingerprint density at radius 2 is 1.43 bits per heavy atom. The van der Waals surface area contributed by atoms with Gasteiger partial charge in [-0.3, -0.25) is 4.79 Å². The number of nitrogens with zero attached hydrogens (tertiary/aromatic N) is 3. The molecule has 9 heteroatoms. The maximum atomic E-state index is 13.7. The summed E-state index contributed by atoms with van der Waals surface area (Å²) in [5.41, 5.74) is 2.84. The van der Waals surface area contributed by atoms with Gasteiger partial charge in [0.1, 0.15) is 30.3 Å². The summed E-state index contributed by atoms with van der Waals surface area (Å²) in [4.78, 5) is 27.5. The number of amides is 2. The molecule has 0 atom stereocenters. The number of piperidine rings is 1. The van der Waals surface area contributed by atoms with Gasteiger partial charge in [-0.1, -0.05) is 24.3 Å². The average molecular weight is 595 g/mol. The molecule has 1 heterocycles. The van der Waals surface area contributed by atoms with Crippen LogP contribution in [0.2, 0.25) is 0 Å². The lowest BCUT2D eigenvalue weighted by Crippen LogP contribution is -2.39. The van der Waals surface area contributed by atoms with Gasteiger partial charge in [0.2, 0.25) is 0 Å². The molecule has 44 heavy (non-hydrogen) atoms. The Hall–Kier alpha value is -5.02. The molecule has 9 nitrogen and oxygen atoms in total. The zero-order valence-corrected chi connectivity index (χ0v) is 25.5. The van der Waals surface area contributed by atoms with E-state index < -0.39 is 11.7 Å². The van der Waals surface area contributed by atoms with Crippen molar-refractivity contribution >= 4 is 12.0 Å². The second kappa shape index (κ2) is 14.9. The Labute approximate surface area is 259 Å². The highest BCUT2D eigenvalue weighted by Gasteiger charge is 2.26. The minimum atomic E-state index is -0.532. The summed E-state index contributed by atoms with van der Waals surface area (Å²) in [6, 6.07) is 23.7. The van der Waals surface area contributed by atoms with E-state index in [1.165, 1.54) is 0 Å². The number of carbonyl (C=O) groups excluding carboxylic acids is 2. The Balaban J connectivity index is 1.39. The van der Waals surface area contributed by atoms with Crippen LogP contribution in [-0.4, -0.2) is 42.1 Å². The SMILES string of the molecule is CC(C)(C)OC(=O)NCCC1CCN(C(=O)c2ccc(OCc3ccc(C#N)cc3)cc2OCc2ccc(C#N)cc2)CC1. The van der Waals surface area contributed by atoms with Gasteiger partial charge in [-0.15, -0.1) is 0 Å². The predicted molar refractivity (Wildman–Crippen MR) is 165 cm³/mol. The number of nitriles is 2. The van der Waals surface area contributed by atoms with E-state index in [0.717, 1.165) is 30.4 Å². The van der Waals surface area contributed by atoms with Crippen LogP contribution in [0.15, 0.2) is 66.7 Å². The number of ether oxygens (including phenoxy) is 3. The minimum Gasteiger partial charge on any atom is -0.489 e. The summed E-state index contributed by atoms with van der Waals surface area (Å²) in [7, 11) is 0. The van der Waals surface area contributed by atoms with Gasteiger partial charge in [0.05, 0.1) is 28.8 Å². The number of carbonyl (C=O) groups is 2. The second-order valence-corrected chi connectivity index (χ2v) is 11.8. The van der Waals surface area contributed by atoms with E-state index in [0.29, 0.717) is 60.3 Å². The topological polar surface area (TPSA) is 125 Å². The van der Waals surface area contributed by atoms with Crippen molar-refractivity contribution in [2.24, 2.45) is 5.92 Å². The molecule has 0 spiro atoms. The van der Waals surface area contributed by atoms with Crippen LogP contribution >= 0.6 is 0 Å². The minimum absolute atomic E-state index is 0.108. The van der Waals surface area contributed by atoms with E-state index in [1.807, 2.05) is 49.9 Å². The normalized spacial score (nSPS) is 13.3. The molecule has 1 fully saturated rings. The third-order valence-electron chi connectivity index (χ3n) is 7.27. The number of alkyl carbamates (subject to hydrolysis) is 1. The van der Waals surface area contributed by atoms with Gasteiger partial charge in [-0.2, -0.15) is 10.5 Å². The van der Waals surface area contributed by atoms with Crippen LogP contribution in [0.1, 0.15) is 72.6 Å². The Morgan fingerprint density at radius 3 is 1.98 bits per heavy atom. The zero-order valence-electron chi connectivity index (χ0n) is 25.5. The highest BCUT2D eigenvalue weighted by molar-refractivity contribution is 5.97. The first-order valence-corrected chi connectivity index (χ1v) is 14.8. The first-order valence-electron chi connectivity index (χ1n) is 14.8. The smallest absolute Gasteiger partial charge is 0.407 e. The van der Waals surface area contributed by atoms with Crippen molar-refractivity contribution in [1.82, 2.24) is 10.2 Å². The Morgan fingerprint density at radius 1 is 0.864 bits per heavy atom. The van der Waals surface area contributed by atoms with Crippen LogP contribution in [0.25, 0.3) is 0 Å². The first-order chi connectivity index (χ1) is 21.1. The van der Waals surface area contributed by atoms with Crippen LogP contribution in [-0.2, 0) is 18.0 Å². The molecule has 2 amide bonds. The van der Waals surface area contributed by atoms with Gasteiger partial charge in [0.25, 0.3) is 5.91 Å². The van der Waals surface area contributed by atoms with E-state index in [4.69, 9.17) is 24.7 Å². The van der Waals surface area contributed by atoms with Crippen LogP contribution in [0.4, 0.5) is 4.79 Å². The van der Waals surface area contributed by atoms with Crippen molar-refractivity contribution in [3.63, 3.8) is 0 Å². The van der Waals surface area contributed by atoms with Crippen molar-refractivity contribution in [3.8, 4) is 23.6 Å². The summed E-state index contributed by atoms with van der Waals surface area (Å²) in [6.07, 6.45) is 2.10. The molecule has 3 aromatic carbocycles. The molecule has 228 valence electrons. The van der Waals surface area contributed by atoms with Crippen molar-refractivity contribution < 1.29 is 23.8 Å². The molecule has 4 rings (SSSR count). The summed E-state index contributed by atoms with van der Waals surface area (Å²) in [5, 5.41) is 20.9. The maximum Gasteiger partial charge on any atom is 0.407 e. The molecule has 0 unspecified atom stereocenters. The van der Waals surface area contributed by atoms with Crippen molar-refractivity contribution in [1.29, 1.82) is 10.5 Å². The fourth-order valence-corrected chi connectivity index (χ4v) is 4.85. The molecule has 1 aliphatic heterocycles. The van der Waals surface area contributed by atoms with Crippen LogP contribution < -0.4 is 14.8 Å². The molecule has 0 saturated carbocycles. The second-order valence-electron chi connectivity index (χ2n) is 11.8. The van der Waals surface area contributed by atoms with Crippen molar-refractivity contribution in [2.75, 3.05) is 19.6 Å².